The summed E-state index contributed by atoms with van der Waals surface area (Å²) in [5.74, 6) is -1.60. The van der Waals surface area contributed by atoms with E-state index >= 15 is 0 Å². The maximum atomic E-state index is 11.3. The van der Waals surface area contributed by atoms with Crippen LogP contribution in [0, 0.1) is 31.8 Å². The number of azo groups is 1. The number of anilines is 1. The lowest BCUT2D eigenvalue weighted by molar-refractivity contribution is -0.149. The molecule has 0 unspecified atom stereocenters. The Balaban J connectivity index is 1.56. The first-order valence-electron chi connectivity index (χ1n) is 14.2. The van der Waals surface area contributed by atoms with Gasteiger partial charge in [0.05, 0.1) is 82.8 Å². The number of rotatable bonds is 22. The van der Waals surface area contributed by atoms with E-state index in [-0.39, 0.29) is 26.1 Å². The van der Waals surface area contributed by atoms with Crippen molar-refractivity contribution in [3.8, 4) is 6.07 Å². The van der Waals surface area contributed by atoms with Gasteiger partial charge in [-0.25, -0.2) is 4.85 Å². The number of carboxylic acids is 1. The predicted molar refractivity (Wildman–Crippen MR) is 164 cm³/mol. The molecule has 0 spiro atoms. The molecule has 14 heteroatoms. The molecule has 2 rings (SSSR count). The molecular weight excluding hydrogens is 590 g/mol. The standard InChI is InChI=1S/C30H39N5O8S/c1-5-35(24-6-7-25(22(2)20-24)33-34-30-29(32-4)23(3)26(21-31)44-30)10-11-39-12-13-40-14-15-41-16-17-42-18-19-43-28(38)9-8-27(36)37/h6-7,20H,5,8-19H2,1-3H3,(H,36,37). The highest BCUT2D eigenvalue weighted by Gasteiger charge is 2.15. The Morgan fingerprint density at radius 3 is 2.14 bits per heavy atom. The number of carbonyl (C=O) groups excluding carboxylic acids is 1. The van der Waals surface area contributed by atoms with Gasteiger partial charge in [0.25, 0.3) is 0 Å². The number of esters is 1. The Labute approximate surface area is 261 Å². The lowest BCUT2D eigenvalue weighted by Gasteiger charge is -2.23. The summed E-state index contributed by atoms with van der Waals surface area (Å²) in [7, 11) is 0. The summed E-state index contributed by atoms with van der Waals surface area (Å²) in [5.41, 5.74) is 3.70. The predicted octanol–water partition coefficient (Wildman–Crippen LogP) is 5.50. The Hall–Kier alpha value is -3.92. The van der Waals surface area contributed by atoms with Crippen LogP contribution in [0.3, 0.4) is 0 Å². The van der Waals surface area contributed by atoms with E-state index in [0.717, 1.165) is 17.8 Å². The molecule has 0 amide bonds. The monoisotopic (exact) mass is 629 g/mol. The molecule has 238 valence electrons. The average molecular weight is 630 g/mol. The van der Waals surface area contributed by atoms with Crippen molar-refractivity contribution in [3.63, 3.8) is 0 Å². The van der Waals surface area contributed by atoms with Crippen LogP contribution in [0.1, 0.15) is 35.8 Å². The minimum absolute atomic E-state index is 0.0744. The van der Waals surface area contributed by atoms with Crippen LogP contribution in [0.5, 0.6) is 0 Å². The fourth-order valence-corrected chi connectivity index (χ4v) is 4.61. The molecule has 44 heavy (non-hydrogen) atoms. The summed E-state index contributed by atoms with van der Waals surface area (Å²) in [4.78, 5) is 27.8. The van der Waals surface area contributed by atoms with Crippen LogP contribution in [0.2, 0.25) is 0 Å². The van der Waals surface area contributed by atoms with Crippen molar-refractivity contribution in [1.82, 2.24) is 0 Å². The third-order valence-corrected chi connectivity index (χ3v) is 7.21. The number of thiophene rings is 1. The minimum atomic E-state index is -1.04. The zero-order valence-electron chi connectivity index (χ0n) is 25.4. The minimum Gasteiger partial charge on any atom is -0.481 e. The first-order valence-corrected chi connectivity index (χ1v) is 15.0. The van der Waals surface area contributed by atoms with Gasteiger partial charge in [0.15, 0.2) is 0 Å². The summed E-state index contributed by atoms with van der Waals surface area (Å²) in [6.07, 6.45) is -0.398. The highest BCUT2D eigenvalue weighted by atomic mass is 32.1. The first kappa shape index (κ1) is 36.3. The zero-order valence-corrected chi connectivity index (χ0v) is 26.2. The third-order valence-electron chi connectivity index (χ3n) is 6.14. The molecule has 0 aliphatic carbocycles. The summed E-state index contributed by atoms with van der Waals surface area (Å²) in [6.45, 7) is 18.0. The van der Waals surface area contributed by atoms with Gasteiger partial charge in [0.2, 0.25) is 5.69 Å². The van der Waals surface area contributed by atoms with Gasteiger partial charge in [-0.2, -0.15) is 15.5 Å². The molecule has 0 saturated carbocycles. The van der Waals surface area contributed by atoms with Crippen LogP contribution < -0.4 is 4.90 Å². The van der Waals surface area contributed by atoms with Crippen molar-refractivity contribution in [1.29, 1.82) is 5.26 Å². The van der Waals surface area contributed by atoms with Crippen molar-refractivity contribution in [3.05, 3.63) is 45.6 Å². The second-order valence-electron chi connectivity index (χ2n) is 9.25. The molecule has 1 aromatic carbocycles. The second kappa shape index (κ2) is 20.9. The zero-order chi connectivity index (χ0) is 32.2. The van der Waals surface area contributed by atoms with E-state index in [1.165, 1.54) is 11.3 Å². The van der Waals surface area contributed by atoms with Gasteiger partial charge >= 0.3 is 11.9 Å². The van der Waals surface area contributed by atoms with Gasteiger partial charge in [0, 0.05) is 18.8 Å². The molecule has 13 nitrogen and oxygen atoms in total. The number of hydrogen-bond acceptors (Lipinski definition) is 12. The van der Waals surface area contributed by atoms with E-state index < -0.39 is 11.9 Å². The second-order valence-corrected chi connectivity index (χ2v) is 10.2. The fraction of sp³-hybridized carbons (Fsp3) is 0.533. The molecule has 1 aromatic heterocycles. The summed E-state index contributed by atoms with van der Waals surface area (Å²) < 4.78 is 26.8. The van der Waals surface area contributed by atoms with Gasteiger partial charge in [-0.05, 0) is 50.1 Å². The summed E-state index contributed by atoms with van der Waals surface area (Å²) in [6, 6.07) is 8.02. The highest BCUT2D eigenvalue weighted by Crippen LogP contribution is 2.42. The molecule has 0 fully saturated rings. The van der Waals surface area contributed by atoms with E-state index in [1.54, 1.807) is 6.92 Å². The Morgan fingerprint density at radius 2 is 1.59 bits per heavy atom. The Kier molecular flexibility index (Phi) is 17.2. The number of likely N-dealkylation sites (N-methyl/N-ethyl adjacent to an activating group) is 1. The molecule has 0 aliphatic rings. The maximum Gasteiger partial charge on any atom is 0.306 e. The van der Waals surface area contributed by atoms with E-state index in [4.69, 9.17) is 35.4 Å². The summed E-state index contributed by atoms with van der Waals surface area (Å²) >= 11 is 1.17. The highest BCUT2D eigenvalue weighted by molar-refractivity contribution is 7.17. The Morgan fingerprint density at radius 1 is 0.977 bits per heavy atom. The smallest absolute Gasteiger partial charge is 0.306 e. The normalized spacial score (nSPS) is 10.9. The molecule has 0 bridgehead atoms. The van der Waals surface area contributed by atoms with Gasteiger partial charge in [0.1, 0.15) is 17.7 Å². The molecular formula is C30H39N5O8S. The topological polar surface area (TPSA) is 157 Å². The number of nitriles is 1. The molecule has 1 heterocycles. The Bertz CT molecular complexity index is 1320. The van der Waals surface area contributed by atoms with Crippen molar-refractivity contribution >= 4 is 45.3 Å². The number of carboxylic acid groups (broad SMARTS) is 1. The number of ether oxygens (including phenoxy) is 5. The SMILES string of the molecule is [C-]#[N+]c1c(N=Nc2ccc(N(CC)CCOCCOCCOCCOCCOC(=O)CCC(=O)O)cc2C)sc(C#N)c1C. The molecule has 0 aliphatic heterocycles. The maximum absolute atomic E-state index is 11.3. The van der Waals surface area contributed by atoms with E-state index in [9.17, 15) is 14.9 Å². The lowest BCUT2D eigenvalue weighted by Crippen LogP contribution is -2.27. The number of carbonyl (C=O) groups is 2. The van der Waals surface area contributed by atoms with Crippen molar-refractivity contribution in [2.24, 2.45) is 10.2 Å². The van der Waals surface area contributed by atoms with Gasteiger partial charge in [-0.15, -0.1) is 11.3 Å². The number of aliphatic carboxylic acids is 1. The van der Waals surface area contributed by atoms with Crippen LogP contribution in [-0.2, 0) is 33.3 Å². The molecule has 0 saturated heterocycles. The first-order chi connectivity index (χ1) is 21.3. The lowest BCUT2D eigenvalue weighted by atomic mass is 10.1. The van der Waals surface area contributed by atoms with Gasteiger partial charge in [-0.1, -0.05) is 0 Å². The van der Waals surface area contributed by atoms with Crippen LogP contribution in [0.15, 0.2) is 28.4 Å². The summed E-state index contributed by atoms with van der Waals surface area (Å²) in [5, 5.41) is 26.8. The molecule has 0 radical (unpaired) electrons. The van der Waals surface area contributed by atoms with Crippen LogP contribution >= 0.6 is 11.3 Å². The van der Waals surface area contributed by atoms with Crippen molar-refractivity contribution in [2.75, 3.05) is 77.5 Å². The van der Waals surface area contributed by atoms with Crippen LogP contribution in [0.4, 0.5) is 22.1 Å². The largest absolute Gasteiger partial charge is 0.481 e. The van der Waals surface area contributed by atoms with Gasteiger partial charge in [-0.3, -0.25) is 9.59 Å². The van der Waals surface area contributed by atoms with E-state index in [0.29, 0.717) is 79.6 Å². The number of aryl methyl sites for hydroxylation is 1. The number of hydrogen-bond donors (Lipinski definition) is 1. The molecule has 2 aromatic rings. The van der Waals surface area contributed by atoms with E-state index in [1.807, 2.05) is 25.1 Å². The molecule has 0 atom stereocenters. The molecule has 1 N–H and O–H groups in total. The van der Waals surface area contributed by atoms with Gasteiger partial charge < -0.3 is 33.7 Å². The number of nitrogens with zero attached hydrogens (tertiary/aromatic N) is 5. The van der Waals surface area contributed by atoms with Crippen molar-refractivity contribution in [2.45, 2.75) is 33.6 Å². The number of benzene rings is 1. The third kappa shape index (κ3) is 13.2. The quantitative estimate of drug-likeness (QED) is 0.0763. The average Bonchev–Trinajstić information content (AvgIpc) is 3.33. The van der Waals surface area contributed by atoms with Crippen LogP contribution in [0.25, 0.3) is 4.85 Å². The van der Waals surface area contributed by atoms with Crippen LogP contribution in [-0.4, -0.2) is 89.6 Å². The van der Waals surface area contributed by atoms with E-state index in [2.05, 4.69) is 33.0 Å². The fourth-order valence-electron chi connectivity index (χ4n) is 3.75. The van der Waals surface area contributed by atoms with Crippen molar-refractivity contribution < 1.29 is 38.4 Å².